The summed E-state index contributed by atoms with van der Waals surface area (Å²) in [6.45, 7) is 2.33. The monoisotopic (exact) mass is 358 g/mol. The lowest BCUT2D eigenvalue weighted by molar-refractivity contribution is -0.153. The van der Waals surface area contributed by atoms with Crippen LogP contribution in [0.5, 0.6) is 5.75 Å². The molecule has 0 radical (unpaired) electrons. The summed E-state index contributed by atoms with van der Waals surface area (Å²) in [5.41, 5.74) is 0.933. The Morgan fingerprint density at radius 1 is 1.28 bits per heavy atom. The first-order valence-corrected chi connectivity index (χ1v) is 8.27. The van der Waals surface area contributed by atoms with Gasteiger partial charge in [-0.25, -0.2) is 0 Å². The van der Waals surface area contributed by atoms with Gasteiger partial charge in [-0.15, -0.1) is 0 Å². The normalized spacial score (nSPS) is 19.1. The van der Waals surface area contributed by atoms with E-state index in [1.807, 2.05) is 0 Å². The molecule has 2 rings (SSSR count). The number of halogens is 3. The number of aliphatic imine (C=N–C) groups is 1. The zero-order valence-corrected chi connectivity index (χ0v) is 14.6. The van der Waals surface area contributed by atoms with E-state index in [0.29, 0.717) is 18.4 Å². The van der Waals surface area contributed by atoms with E-state index in [-0.39, 0.29) is 5.75 Å². The Labute approximate surface area is 146 Å². The van der Waals surface area contributed by atoms with Crippen LogP contribution in [0.1, 0.15) is 12.0 Å². The molecule has 0 saturated carbocycles. The van der Waals surface area contributed by atoms with Crippen LogP contribution in [0.4, 0.5) is 13.2 Å². The summed E-state index contributed by atoms with van der Waals surface area (Å²) in [6.07, 6.45) is -3.15. The molecular formula is C17H25F3N4O. The molecule has 1 aliphatic heterocycles. The molecule has 25 heavy (non-hydrogen) atoms. The molecule has 0 bridgehead atoms. The van der Waals surface area contributed by atoms with Crippen LogP contribution < -0.4 is 15.4 Å². The fourth-order valence-corrected chi connectivity index (χ4v) is 2.71. The first-order valence-electron chi connectivity index (χ1n) is 8.27. The predicted octanol–water partition coefficient (Wildman–Crippen LogP) is 2.24. The molecule has 0 spiro atoms. The van der Waals surface area contributed by atoms with Crippen molar-refractivity contribution in [3.05, 3.63) is 29.8 Å². The lowest BCUT2D eigenvalue weighted by Crippen LogP contribution is -2.39. The SMILES string of the molecule is CN=C(NCc1ccc(OCC(F)(F)F)cc1)NCC1CCN(C)C1. The van der Waals surface area contributed by atoms with E-state index >= 15 is 0 Å². The van der Waals surface area contributed by atoms with E-state index in [4.69, 9.17) is 4.74 Å². The molecule has 1 unspecified atom stereocenters. The summed E-state index contributed by atoms with van der Waals surface area (Å²) in [7, 11) is 3.83. The van der Waals surface area contributed by atoms with Gasteiger partial charge < -0.3 is 20.3 Å². The Kier molecular flexibility index (Phi) is 6.92. The first-order chi connectivity index (χ1) is 11.9. The predicted molar refractivity (Wildman–Crippen MR) is 91.8 cm³/mol. The number of nitrogens with one attached hydrogen (secondary N) is 2. The Balaban J connectivity index is 1.73. The lowest BCUT2D eigenvalue weighted by atomic mass is 10.1. The van der Waals surface area contributed by atoms with Gasteiger partial charge in [0.1, 0.15) is 5.75 Å². The van der Waals surface area contributed by atoms with E-state index in [9.17, 15) is 13.2 Å². The number of hydrogen-bond acceptors (Lipinski definition) is 3. The zero-order valence-electron chi connectivity index (χ0n) is 14.6. The van der Waals surface area contributed by atoms with Gasteiger partial charge in [-0.05, 0) is 43.6 Å². The van der Waals surface area contributed by atoms with E-state index in [0.717, 1.165) is 25.2 Å². The second-order valence-electron chi connectivity index (χ2n) is 6.27. The Hall–Kier alpha value is -1.96. The van der Waals surface area contributed by atoms with Crippen molar-refractivity contribution < 1.29 is 17.9 Å². The third-order valence-corrected chi connectivity index (χ3v) is 4.06. The van der Waals surface area contributed by atoms with Crippen LogP contribution >= 0.6 is 0 Å². The van der Waals surface area contributed by atoms with Gasteiger partial charge in [0.25, 0.3) is 0 Å². The van der Waals surface area contributed by atoms with E-state index < -0.39 is 12.8 Å². The molecule has 0 aromatic heterocycles. The van der Waals surface area contributed by atoms with Gasteiger partial charge in [-0.3, -0.25) is 4.99 Å². The van der Waals surface area contributed by atoms with Crippen LogP contribution in [0.25, 0.3) is 0 Å². The Morgan fingerprint density at radius 3 is 2.56 bits per heavy atom. The number of ether oxygens (including phenoxy) is 1. The van der Waals surface area contributed by atoms with Crippen LogP contribution in [0.15, 0.2) is 29.3 Å². The van der Waals surface area contributed by atoms with Gasteiger partial charge >= 0.3 is 6.18 Å². The second-order valence-corrected chi connectivity index (χ2v) is 6.27. The molecule has 2 N–H and O–H groups in total. The summed E-state index contributed by atoms with van der Waals surface area (Å²) < 4.78 is 41.0. The Bertz CT molecular complexity index is 560. The minimum absolute atomic E-state index is 0.203. The van der Waals surface area contributed by atoms with Crippen molar-refractivity contribution in [2.45, 2.75) is 19.1 Å². The second kappa shape index (κ2) is 8.94. The van der Waals surface area contributed by atoms with Crippen molar-refractivity contribution in [3.8, 4) is 5.75 Å². The standard InChI is InChI=1S/C17H25F3N4O/c1-21-16(23-10-14-7-8-24(2)11-14)22-9-13-3-5-15(6-4-13)25-12-17(18,19)20/h3-6,14H,7-12H2,1-2H3,(H2,21,22,23). The smallest absolute Gasteiger partial charge is 0.422 e. The third-order valence-electron chi connectivity index (χ3n) is 4.06. The number of alkyl halides is 3. The highest BCUT2D eigenvalue weighted by molar-refractivity contribution is 5.79. The van der Waals surface area contributed by atoms with Crippen LogP contribution in [-0.2, 0) is 6.54 Å². The number of hydrogen-bond donors (Lipinski definition) is 2. The molecular weight excluding hydrogens is 333 g/mol. The minimum atomic E-state index is -4.33. The number of benzene rings is 1. The van der Waals surface area contributed by atoms with Gasteiger partial charge in [0.05, 0.1) is 0 Å². The number of guanidine groups is 1. The zero-order chi connectivity index (χ0) is 18.3. The summed E-state index contributed by atoms with van der Waals surface area (Å²) >= 11 is 0. The highest BCUT2D eigenvalue weighted by Crippen LogP contribution is 2.18. The molecule has 1 aliphatic rings. The first kappa shape index (κ1) is 19.4. The van der Waals surface area contributed by atoms with Crippen molar-refractivity contribution in [2.24, 2.45) is 10.9 Å². The summed E-state index contributed by atoms with van der Waals surface area (Å²) in [4.78, 5) is 6.50. The number of likely N-dealkylation sites (tertiary alicyclic amines) is 1. The fraction of sp³-hybridized carbons (Fsp3) is 0.588. The highest BCUT2D eigenvalue weighted by Gasteiger charge is 2.28. The van der Waals surface area contributed by atoms with E-state index in [1.54, 1.807) is 19.2 Å². The molecule has 0 amide bonds. The molecule has 1 atom stereocenters. The molecule has 1 heterocycles. The summed E-state index contributed by atoms with van der Waals surface area (Å²) in [6, 6.07) is 6.54. The average molecular weight is 358 g/mol. The van der Waals surface area contributed by atoms with E-state index in [1.165, 1.54) is 18.6 Å². The van der Waals surface area contributed by atoms with Gasteiger partial charge in [-0.1, -0.05) is 12.1 Å². The molecule has 1 aromatic carbocycles. The van der Waals surface area contributed by atoms with Gasteiger partial charge in [0, 0.05) is 26.7 Å². The summed E-state index contributed by atoms with van der Waals surface area (Å²) in [5.74, 6) is 1.54. The maximum Gasteiger partial charge on any atom is 0.422 e. The molecule has 0 aliphatic carbocycles. The maximum absolute atomic E-state index is 12.1. The molecule has 140 valence electrons. The molecule has 1 fully saturated rings. The van der Waals surface area contributed by atoms with Gasteiger partial charge in [0.15, 0.2) is 12.6 Å². The third kappa shape index (κ3) is 7.21. The molecule has 5 nitrogen and oxygen atoms in total. The number of rotatable bonds is 6. The van der Waals surface area contributed by atoms with Crippen molar-refractivity contribution in [1.29, 1.82) is 0 Å². The largest absolute Gasteiger partial charge is 0.484 e. The molecule has 1 saturated heterocycles. The average Bonchev–Trinajstić information content (AvgIpc) is 2.99. The topological polar surface area (TPSA) is 48.9 Å². The Morgan fingerprint density at radius 2 is 2.00 bits per heavy atom. The quantitative estimate of drug-likeness (QED) is 0.605. The van der Waals surface area contributed by atoms with Crippen molar-refractivity contribution in [1.82, 2.24) is 15.5 Å². The van der Waals surface area contributed by atoms with Gasteiger partial charge in [0.2, 0.25) is 0 Å². The van der Waals surface area contributed by atoms with Crippen LogP contribution in [-0.4, -0.2) is 57.4 Å². The number of nitrogens with zero attached hydrogens (tertiary/aromatic N) is 2. The molecule has 1 aromatic rings. The summed E-state index contributed by atoms with van der Waals surface area (Å²) in [5, 5.41) is 6.51. The van der Waals surface area contributed by atoms with Crippen LogP contribution in [0.3, 0.4) is 0 Å². The van der Waals surface area contributed by atoms with Crippen molar-refractivity contribution in [3.63, 3.8) is 0 Å². The molecule has 8 heteroatoms. The van der Waals surface area contributed by atoms with Gasteiger partial charge in [-0.2, -0.15) is 13.2 Å². The van der Waals surface area contributed by atoms with Crippen molar-refractivity contribution >= 4 is 5.96 Å². The van der Waals surface area contributed by atoms with Crippen LogP contribution in [0.2, 0.25) is 0 Å². The highest BCUT2D eigenvalue weighted by atomic mass is 19.4. The fourth-order valence-electron chi connectivity index (χ4n) is 2.71. The lowest BCUT2D eigenvalue weighted by Gasteiger charge is -2.15. The van der Waals surface area contributed by atoms with Crippen LogP contribution in [0, 0.1) is 5.92 Å². The van der Waals surface area contributed by atoms with Crippen molar-refractivity contribution in [2.75, 3.05) is 40.3 Å². The van der Waals surface area contributed by atoms with E-state index in [2.05, 4.69) is 27.6 Å². The minimum Gasteiger partial charge on any atom is -0.484 e. The maximum atomic E-state index is 12.1.